The molecule has 0 amide bonds. The monoisotopic (exact) mass is 363 g/mol. The summed E-state index contributed by atoms with van der Waals surface area (Å²) in [6, 6.07) is 6.22. The number of aryl methyl sites for hydroxylation is 1. The highest BCUT2D eigenvalue weighted by Crippen LogP contribution is 2.29. The van der Waals surface area contributed by atoms with Crippen molar-refractivity contribution in [3.63, 3.8) is 0 Å². The summed E-state index contributed by atoms with van der Waals surface area (Å²) in [5, 5.41) is 16.2. The Morgan fingerprint density at radius 2 is 1.88 bits per heavy atom. The van der Waals surface area contributed by atoms with E-state index in [1.54, 1.807) is 0 Å². The van der Waals surface area contributed by atoms with E-state index in [2.05, 4.69) is 50.5 Å². The molecule has 0 radical (unpaired) electrons. The maximum atomic E-state index is 9.39. The molecule has 0 aliphatic rings. The van der Waals surface area contributed by atoms with Crippen molar-refractivity contribution in [1.82, 2.24) is 10.6 Å². The standard InChI is InChI=1S/C21H37N3O2/c1-6-21(7-2,12-13-25)16-24-20(22-8-3)23-15-18-10-11-19(26-9-4)17(5)14-18/h10-11,14,25H,6-9,12-13,15-16H2,1-5H3,(H2,22,23,24). The van der Waals surface area contributed by atoms with Crippen LogP contribution in [0.5, 0.6) is 5.75 Å². The van der Waals surface area contributed by atoms with E-state index in [1.807, 2.05) is 13.0 Å². The summed E-state index contributed by atoms with van der Waals surface area (Å²) in [6.45, 7) is 13.7. The van der Waals surface area contributed by atoms with Gasteiger partial charge in [0.2, 0.25) is 0 Å². The van der Waals surface area contributed by atoms with E-state index < -0.39 is 0 Å². The molecule has 0 saturated heterocycles. The van der Waals surface area contributed by atoms with Gasteiger partial charge in [0.15, 0.2) is 5.96 Å². The zero-order valence-electron chi connectivity index (χ0n) is 17.2. The number of rotatable bonds is 11. The van der Waals surface area contributed by atoms with Gasteiger partial charge >= 0.3 is 0 Å². The normalized spacial score (nSPS) is 12.2. The number of aliphatic hydroxyl groups is 1. The molecule has 26 heavy (non-hydrogen) atoms. The Balaban J connectivity index is 2.78. The van der Waals surface area contributed by atoms with Crippen LogP contribution in [0.3, 0.4) is 0 Å². The highest BCUT2D eigenvalue weighted by molar-refractivity contribution is 5.79. The van der Waals surface area contributed by atoms with Gasteiger partial charge in [0.25, 0.3) is 0 Å². The third kappa shape index (κ3) is 6.87. The average molecular weight is 364 g/mol. The van der Waals surface area contributed by atoms with Crippen LogP contribution in [0.25, 0.3) is 0 Å². The van der Waals surface area contributed by atoms with E-state index in [1.165, 1.54) is 0 Å². The molecule has 0 aliphatic heterocycles. The zero-order chi connectivity index (χ0) is 19.4. The largest absolute Gasteiger partial charge is 0.494 e. The Hall–Kier alpha value is -1.75. The molecule has 0 aliphatic carbocycles. The van der Waals surface area contributed by atoms with Crippen molar-refractivity contribution in [1.29, 1.82) is 0 Å². The topological polar surface area (TPSA) is 65.9 Å². The van der Waals surface area contributed by atoms with Crippen molar-refractivity contribution in [2.75, 3.05) is 26.3 Å². The van der Waals surface area contributed by atoms with E-state index in [0.717, 1.165) is 55.2 Å². The molecule has 0 saturated carbocycles. The lowest BCUT2D eigenvalue weighted by molar-refractivity contribution is 0.169. The molecule has 1 rings (SSSR count). The van der Waals surface area contributed by atoms with Crippen molar-refractivity contribution in [3.8, 4) is 5.75 Å². The highest BCUT2D eigenvalue weighted by atomic mass is 16.5. The van der Waals surface area contributed by atoms with E-state index in [0.29, 0.717) is 13.2 Å². The first-order chi connectivity index (χ1) is 12.5. The van der Waals surface area contributed by atoms with Crippen LogP contribution in [-0.4, -0.2) is 37.4 Å². The van der Waals surface area contributed by atoms with Crippen molar-refractivity contribution in [2.24, 2.45) is 10.4 Å². The molecule has 0 unspecified atom stereocenters. The number of nitrogens with one attached hydrogen (secondary N) is 2. The number of benzene rings is 1. The Morgan fingerprint density at radius 3 is 2.42 bits per heavy atom. The van der Waals surface area contributed by atoms with Crippen LogP contribution in [0.1, 0.15) is 58.1 Å². The first-order valence-corrected chi connectivity index (χ1v) is 9.89. The summed E-state index contributed by atoms with van der Waals surface area (Å²) in [5.41, 5.74) is 2.41. The van der Waals surface area contributed by atoms with Crippen LogP contribution in [0.15, 0.2) is 23.2 Å². The molecule has 0 spiro atoms. The van der Waals surface area contributed by atoms with Gasteiger partial charge in [0.05, 0.1) is 13.2 Å². The number of hydrogen-bond donors (Lipinski definition) is 3. The second-order valence-electron chi connectivity index (χ2n) is 6.76. The minimum absolute atomic E-state index is 0.112. The average Bonchev–Trinajstić information content (AvgIpc) is 2.65. The molecule has 5 heteroatoms. The van der Waals surface area contributed by atoms with Gasteiger partial charge in [-0.2, -0.15) is 0 Å². The van der Waals surface area contributed by atoms with Crippen LogP contribution < -0.4 is 15.4 Å². The maximum Gasteiger partial charge on any atom is 0.191 e. The highest BCUT2D eigenvalue weighted by Gasteiger charge is 2.25. The Labute approximate surface area is 159 Å². The first kappa shape index (κ1) is 22.3. The summed E-state index contributed by atoms with van der Waals surface area (Å²) in [4.78, 5) is 4.72. The Bertz CT molecular complexity index is 554. The van der Waals surface area contributed by atoms with Gasteiger partial charge < -0.3 is 20.5 Å². The smallest absolute Gasteiger partial charge is 0.191 e. The van der Waals surface area contributed by atoms with Gasteiger partial charge in [-0.3, -0.25) is 0 Å². The van der Waals surface area contributed by atoms with Gasteiger partial charge in [-0.05, 0) is 62.6 Å². The summed E-state index contributed by atoms with van der Waals surface area (Å²) >= 11 is 0. The number of aliphatic hydroxyl groups excluding tert-OH is 1. The van der Waals surface area contributed by atoms with E-state index >= 15 is 0 Å². The van der Waals surface area contributed by atoms with Crippen LogP contribution in [-0.2, 0) is 6.54 Å². The third-order valence-corrected chi connectivity index (χ3v) is 5.08. The summed E-state index contributed by atoms with van der Waals surface area (Å²) in [5.74, 6) is 1.76. The fraction of sp³-hybridized carbons (Fsp3) is 0.667. The van der Waals surface area contributed by atoms with Gasteiger partial charge in [-0.15, -0.1) is 0 Å². The second-order valence-corrected chi connectivity index (χ2v) is 6.76. The molecule has 0 heterocycles. The van der Waals surface area contributed by atoms with Gasteiger partial charge in [0.1, 0.15) is 5.75 Å². The van der Waals surface area contributed by atoms with Crippen molar-refractivity contribution >= 4 is 5.96 Å². The van der Waals surface area contributed by atoms with Gasteiger partial charge in [-0.25, -0.2) is 4.99 Å². The zero-order valence-corrected chi connectivity index (χ0v) is 17.2. The van der Waals surface area contributed by atoms with Crippen molar-refractivity contribution < 1.29 is 9.84 Å². The number of guanidine groups is 1. The molecular formula is C21H37N3O2. The molecule has 148 valence electrons. The SMILES string of the molecule is CCNC(=NCc1ccc(OCC)c(C)c1)NCC(CC)(CC)CCO. The van der Waals surface area contributed by atoms with Crippen LogP contribution in [0, 0.1) is 12.3 Å². The molecule has 3 N–H and O–H groups in total. The lowest BCUT2D eigenvalue weighted by Gasteiger charge is -2.32. The minimum Gasteiger partial charge on any atom is -0.494 e. The second kappa shape index (κ2) is 11.8. The minimum atomic E-state index is 0.112. The number of hydrogen-bond acceptors (Lipinski definition) is 3. The van der Waals surface area contributed by atoms with Crippen molar-refractivity contribution in [3.05, 3.63) is 29.3 Å². The maximum absolute atomic E-state index is 9.39. The lowest BCUT2D eigenvalue weighted by atomic mass is 9.79. The van der Waals surface area contributed by atoms with Crippen LogP contribution >= 0.6 is 0 Å². The lowest BCUT2D eigenvalue weighted by Crippen LogP contribution is -2.43. The van der Waals surface area contributed by atoms with E-state index in [4.69, 9.17) is 9.73 Å². The molecule has 0 atom stereocenters. The Kier molecular flexibility index (Phi) is 10.1. The Morgan fingerprint density at radius 1 is 1.15 bits per heavy atom. The predicted molar refractivity (Wildman–Crippen MR) is 110 cm³/mol. The summed E-state index contributed by atoms with van der Waals surface area (Å²) < 4.78 is 5.60. The molecular weight excluding hydrogens is 326 g/mol. The number of ether oxygens (including phenoxy) is 1. The number of nitrogens with zero attached hydrogens (tertiary/aromatic N) is 1. The molecule has 5 nitrogen and oxygen atoms in total. The van der Waals surface area contributed by atoms with E-state index in [9.17, 15) is 5.11 Å². The fourth-order valence-electron chi connectivity index (χ4n) is 3.09. The summed E-state index contributed by atoms with van der Waals surface area (Å²) in [6.07, 6.45) is 2.88. The quantitative estimate of drug-likeness (QED) is 0.415. The molecule has 0 aromatic heterocycles. The predicted octanol–water partition coefficient (Wildman–Crippen LogP) is 3.64. The van der Waals surface area contributed by atoms with Crippen LogP contribution in [0.2, 0.25) is 0 Å². The first-order valence-electron chi connectivity index (χ1n) is 9.89. The van der Waals surface area contributed by atoms with E-state index in [-0.39, 0.29) is 12.0 Å². The fourth-order valence-corrected chi connectivity index (χ4v) is 3.09. The van der Waals surface area contributed by atoms with Gasteiger partial charge in [-0.1, -0.05) is 26.0 Å². The molecule has 1 aromatic rings. The van der Waals surface area contributed by atoms with Gasteiger partial charge in [0, 0.05) is 19.7 Å². The third-order valence-electron chi connectivity index (χ3n) is 5.08. The van der Waals surface area contributed by atoms with Crippen molar-refractivity contribution in [2.45, 2.75) is 60.4 Å². The molecule has 0 bridgehead atoms. The molecule has 0 fully saturated rings. The van der Waals surface area contributed by atoms with Crippen LogP contribution in [0.4, 0.5) is 0 Å². The summed E-state index contributed by atoms with van der Waals surface area (Å²) in [7, 11) is 0. The number of aliphatic imine (C=N–C) groups is 1. The molecule has 1 aromatic carbocycles.